The lowest BCUT2D eigenvalue weighted by atomic mass is 10.2. The summed E-state index contributed by atoms with van der Waals surface area (Å²) >= 11 is 5.96. The van der Waals surface area contributed by atoms with Gasteiger partial charge in [-0.2, -0.15) is 0 Å². The van der Waals surface area contributed by atoms with Gasteiger partial charge in [-0.25, -0.2) is 9.97 Å². The minimum atomic E-state index is 0.463. The van der Waals surface area contributed by atoms with Gasteiger partial charge < -0.3 is 15.3 Å². The SMILES string of the molecule is Cc1ccc2[nH]c(Nc3c[nH]c4ccc(Cl)nc34)nc2c1. The van der Waals surface area contributed by atoms with Crippen molar-refractivity contribution < 1.29 is 0 Å². The largest absolute Gasteiger partial charge is 0.358 e. The molecule has 0 saturated heterocycles. The number of aromatic amines is 2. The van der Waals surface area contributed by atoms with Gasteiger partial charge in [0.25, 0.3) is 0 Å². The molecule has 1 aromatic carbocycles. The maximum absolute atomic E-state index is 5.96. The number of fused-ring (bicyclic) bond motifs is 2. The number of H-pyrrole nitrogens is 2. The third-order valence-corrected chi connectivity index (χ3v) is 3.59. The molecule has 0 saturated carbocycles. The molecule has 4 rings (SSSR count). The summed E-state index contributed by atoms with van der Waals surface area (Å²) in [7, 11) is 0. The van der Waals surface area contributed by atoms with E-state index in [-0.39, 0.29) is 0 Å². The fourth-order valence-corrected chi connectivity index (χ4v) is 2.52. The predicted octanol–water partition coefficient (Wildman–Crippen LogP) is 4.14. The van der Waals surface area contributed by atoms with Crippen LogP contribution in [-0.4, -0.2) is 19.9 Å². The van der Waals surface area contributed by atoms with Crippen LogP contribution in [0.3, 0.4) is 0 Å². The molecule has 21 heavy (non-hydrogen) atoms. The summed E-state index contributed by atoms with van der Waals surface area (Å²) in [4.78, 5) is 15.3. The van der Waals surface area contributed by atoms with E-state index in [1.165, 1.54) is 5.56 Å². The Labute approximate surface area is 125 Å². The topological polar surface area (TPSA) is 69.4 Å². The number of benzene rings is 1. The summed E-state index contributed by atoms with van der Waals surface area (Å²) in [6.45, 7) is 2.05. The van der Waals surface area contributed by atoms with Crippen molar-refractivity contribution in [2.24, 2.45) is 0 Å². The molecule has 0 fully saturated rings. The van der Waals surface area contributed by atoms with Crippen molar-refractivity contribution in [3.05, 3.63) is 47.2 Å². The van der Waals surface area contributed by atoms with E-state index in [9.17, 15) is 0 Å². The van der Waals surface area contributed by atoms with Gasteiger partial charge >= 0.3 is 0 Å². The number of pyridine rings is 1. The lowest BCUT2D eigenvalue weighted by Gasteiger charge is -1.99. The van der Waals surface area contributed by atoms with Crippen LogP contribution in [0.2, 0.25) is 5.15 Å². The molecule has 3 heterocycles. The highest BCUT2D eigenvalue weighted by molar-refractivity contribution is 6.29. The monoisotopic (exact) mass is 297 g/mol. The van der Waals surface area contributed by atoms with Crippen LogP contribution >= 0.6 is 11.6 Å². The Bertz CT molecular complexity index is 953. The number of anilines is 2. The van der Waals surface area contributed by atoms with Crippen molar-refractivity contribution in [1.29, 1.82) is 0 Å². The minimum absolute atomic E-state index is 0.463. The fourth-order valence-electron chi connectivity index (χ4n) is 2.37. The van der Waals surface area contributed by atoms with Crippen LogP contribution < -0.4 is 5.32 Å². The first-order chi connectivity index (χ1) is 10.2. The summed E-state index contributed by atoms with van der Waals surface area (Å²) in [6, 6.07) is 9.78. The Balaban J connectivity index is 1.77. The highest BCUT2D eigenvalue weighted by Crippen LogP contribution is 2.26. The molecule has 0 radical (unpaired) electrons. The number of nitrogens with zero attached hydrogens (tertiary/aromatic N) is 2. The van der Waals surface area contributed by atoms with Crippen LogP contribution in [0.4, 0.5) is 11.6 Å². The molecular weight excluding hydrogens is 286 g/mol. The summed E-state index contributed by atoms with van der Waals surface area (Å²) in [5, 5.41) is 3.71. The number of aromatic nitrogens is 4. The average Bonchev–Trinajstić information content (AvgIpc) is 3.02. The third kappa shape index (κ3) is 2.11. The maximum Gasteiger partial charge on any atom is 0.205 e. The Morgan fingerprint density at radius 2 is 1.95 bits per heavy atom. The van der Waals surface area contributed by atoms with Crippen molar-refractivity contribution in [3.63, 3.8) is 0 Å². The maximum atomic E-state index is 5.96. The Morgan fingerprint density at radius 1 is 1.10 bits per heavy atom. The van der Waals surface area contributed by atoms with Gasteiger partial charge in [-0.1, -0.05) is 17.7 Å². The van der Waals surface area contributed by atoms with E-state index >= 15 is 0 Å². The number of hydrogen-bond donors (Lipinski definition) is 3. The molecule has 3 N–H and O–H groups in total. The standard InChI is InChI=1S/C15H12ClN5/c1-8-2-3-9-11(6-8)19-15(18-9)20-12-7-17-10-4-5-13(16)21-14(10)12/h2-7,17H,1H3,(H2,18,19,20). The Morgan fingerprint density at radius 3 is 2.86 bits per heavy atom. The van der Waals surface area contributed by atoms with Gasteiger partial charge in [0.15, 0.2) is 0 Å². The fraction of sp³-hybridized carbons (Fsp3) is 0.0667. The Kier molecular flexibility index (Phi) is 2.62. The smallest absolute Gasteiger partial charge is 0.205 e. The molecular formula is C15H12ClN5. The molecule has 4 aromatic rings. The van der Waals surface area contributed by atoms with Crippen LogP contribution in [0.1, 0.15) is 5.56 Å². The van der Waals surface area contributed by atoms with Crippen molar-refractivity contribution in [3.8, 4) is 0 Å². The molecule has 0 aliphatic carbocycles. The lowest BCUT2D eigenvalue weighted by Crippen LogP contribution is -1.91. The molecule has 104 valence electrons. The first-order valence-corrected chi connectivity index (χ1v) is 6.94. The minimum Gasteiger partial charge on any atom is -0.358 e. The number of hydrogen-bond acceptors (Lipinski definition) is 3. The van der Waals surface area contributed by atoms with Crippen molar-refractivity contribution in [2.45, 2.75) is 6.92 Å². The van der Waals surface area contributed by atoms with Crippen LogP contribution in [0.15, 0.2) is 36.5 Å². The number of rotatable bonds is 2. The van der Waals surface area contributed by atoms with Crippen molar-refractivity contribution in [2.75, 3.05) is 5.32 Å². The highest BCUT2D eigenvalue weighted by Gasteiger charge is 2.08. The van der Waals surface area contributed by atoms with Crippen LogP contribution in [-0.2, 0) is 0 Å². The number of halogens is 1. The molecule has 3 aromatic heterocycles. The van der Waals surface area contributed by atoms with Gasteiger partial charge in [-0.3, -0.25) is 0 Å². The molecule has 0 aliphatic heterocycles. The molecule has 6 heteroatoms. The molecule has 0 atom stereocenters. The van der Waals surface area contributed by atoms with Gasteiger partial charge in [0.05, 0.1) is 22.2 Å². The number of aryl methyl sites for hydroxylation is 1. The predicted molar refractivity (Wildman–Crippen MR) is 85.2 cm³/mol. The molecule has 0 aliphatic rings. The first kappa shape index (κ1) is 12.2. The molecule has 5 nitrogen and oxygen atoms in total. The summed E-state index contributed by atoms with van der Waals surface area (Å²) in [6.07, 6.45) is 1.85. The van der Waals surface area contributed by atoms with Gasteiger partial charge in [0, 0.05) is 6.20 Å². The van der Waals surface area contributed by atoms with E-state index in [2.05, 4.69) is 31.3 Å². The van der Waals surface area contributed by atoms with Gasteiger partial charge in [0.1, 0.15) is 10.7 Å². The van der Waals surface area contributed by atoms with E-state index in [4.69, 9.17) is 11.6 Å². The molecule has 0 amide bonds. The van der Waals surface area contributed by atoms with E-state index in [0.717, 1.165) is 27.8 Å². The molecule has 0 bridgehead atoms. The van der Waals surface area contributed by atoms with Gasteiger partial charge in [-0.05, 0) is 36.8 Å². The summed E-state index contributed by atoms with van der Waals surface area (Å²) < 4.78 is 0. The van der Waals surface area contributed by atoms with Crippen molar-refractivity contribution >= 4 is 45.3 Å². The van der Waals surface area contributed by atoms with Crippen LogP contribution in [0.25, 0.3) is 22.1 Å². The van der Waals surface area contributed by atoms with E-state index < -0.39 is 0 Å². The molecule has 0 unspecified atom stereocenters. The number of nitrogens with one attached hydrogen (secondary N) is 3. The van der Waals surface area contributed by atoms with Crippen molar-refractivity contribution in [1.82, 2.24) is 19.9 Å². The van der Waals surface area contributed by atoms with Gasteiger partial charge in [0.2, 0.25) is 5.95 Å². The molecule has 0 spiro atoms. The zero-order chi connectivity index (χ0) is 14.4. The average molecular weight is 298 g/mol. The number of imidazole rings is 1. The van der Waals surface area contributed by atoms with E-state index in [1.807, 2.05) is 31.3 Å². The summed E-state index contributed by atoms with van der Waals surface area (Å²) in [5.74, 6) is 0.679. The second kappa shape index (κ2) is 4.49. The first-order valence-electron chi connectivity index (χ1n) is 6.56. The second-order valence-electron chi connectivity index (χ2n) is 4.96. The van der Waals surface area contributed by atoms with E-state index in [0.29, 0.717) is 11.1 Å². The summed E-state index contributed by atoms with van der Waals surface area (Å²) in [5.41, 5.74) is 5.66. The van der Waals surface area contributed by atoms with E-state index in [1.54, 1.807) is 6.07 Å². The van der Waals surface area contributed by atoms with Crippen LogP contribution in [0.5, 0.6) is 0 Å². The quantitative estimate of drug-likeness (QED) is 0.487. The van der Waals surface area contributed by atoms with Crippen LogP contribution in [0, 0.1) is 6.92 Å². The third-order valence-electron chi connectivity index (χ3n) is 3.38. The Hall–Kier alpha value is -2.53. The second-order valence-corrected chi connectivity index (χ2v) is 5.35. The highest BCUT2D eigenvalue weighted by atomic mass is 35.5. The lowest BCUT2D eigenvalue weighted by molar-refractivity contribution is 1.31. The normalized spacial score (nSPS) is 11.3. The van der Waals surface area contributed by atoms with Gasteiger partial charge in [-0.15, -0.1) is 0 Å². The zero-order valence-electron chi connectivity index (χ0n) is 11.2. The zero-order valence-corrected chi connectivity index (χ0v) is 12.0.